The third kappa shape index (κ3) is 3.48. The van der Waals surface area contributed by atoms with Gasteiger partial charge in [-0.15, -0.1) is 0 Å². The molecule has 4 heteroatoms. The van der Waals surface area contributed by atoms with E-state index in [0.717, 1.165) is 25.7 Å². The molecule has 3 N–H and O–H groups in total. The Labute approximate surface area is 116 Å². The average Bonchev–Trinajstić information content (AvgIpc) is 2.34. The lowest BCUT2D eigenvalue weighted by atomic mass is 9.75. The highest BCUT2D eigenvalue weighted by Gasteiger charge is 2.42. The Morgan fingerprint density at radius 3 is 2.05 bits per heavy atom. The summed E-state index contributed by atoms with van der Waals surface area (Å²) < 4.78 is 0. The number of nitrogens with one attached hydrogen (secondary N) is 1. The first-order chi connectivity index (χ1) is 8.77. The molecule has 0 bridgehead atoms. The van der Waals surface area contributed by atoms with Crippen molar-refractivity contribution in [2.75, 3.05) is 0 Å². The molecule has 1 aliphatic carbocycles. The largest absolute Gasteiger partial charge is 0.369 e. The first-order valence-corrected chi connectivity index (χ1v) is 7.38. The van der Waals surface area contributed by atoms with Crippen molar-refractivity contribution >= 4 is 11.8 Å². The molecule has 1 aliphatic rings. The van der Waals surface area contributed by atoms with Crippen molar-refractivity contribution < 1.29 is 9.59 Å². The number of primary amides is 1. The third-order valence-corrected chi connectivity index (χ3v) is 4.79. The van der Waals surface area contributed by atoms with Gasteiger partial charge in [0.2, 0.25) is 11.8 Å². The van der Waals surface area contributed by atoms with Crippen LogP contribution in [0.4, 0.5) is 0 Å². The van der Waals surface area contributed by atoms with Gasteiger partial charge in [0.25, 0.3) is 0 Å². The van der Waals surface area contributed by atoms with Crippen molar-refractivity contribution in [1.29, 1.82) is 0 Å². The molecule has 2 amide bonds. The lowest BCUT2D eigenvalue weighted by molar-refractivity contribution is -0.143. The predicted molar refractivity (Wildman–Crippen MR) is 76.4 cm³/mol. The lowest BCUT2D eigenvalue weighted by Crippen LogP contribution is -2.52. The van der Waals surface area contributed by atoms with E-state index in [1.807, 2.05) is 13.8 Å². The summed E-state index contributed by atoms with van der Waals surface area (Å²) in [5, 5.41) is 3.04. The van der Waals surface area contributed by atoms with Crippen LogP contribution in [-0.2, 0) is 9.59 Å². The number of rotatable bonds is 5. The summed E-state index contributed by atoms with van der Waals surface area (Å²) >= 11 is 0. The van der Waals surface area contributed by atoms with E-state index in [1.54, 1.807) is 0 Å². The summed E-state index contributed by atoms with van der Waals surface area (Å²) in [4.78, 5) is 24.0. The van der Waals surface area contributed by atoms with Crippen LogP contribution < -0.4 is 11.1 Å². The van der Waals surface area contributed by atoms with Gasteiger partial charge in [-0.05, 0) is 43.9 Å². The van der Waals surface area contributed by atoms with Crippen molar-refractivity contribution in [1.82, 2.24) is 5.32 Å². The Balaban J connectivity index is 2.66. The molecule has 0 unspecified atom stereocenters. The Bertz CT molecular complexity index is 336. The molecule has 0 aromatic heterocycles. The summed E-state index contributed by atoms with van der Waals surface area (Å²) in [5.41, 5.74) is 4.78. The molecule has 4 nitrogen and oxygen atoms in total. The Morgan fingerprint density at radius 2 is 1.68 bits per heavy atom. The fraction of sp³-hybridized carbons (Fsp3) is 0.867. The van der Waals surface area contributed by atoms with Gasteiger partial charge in [0, 0.05) is 6.04 Å². The maximum Gasteiger partial charge on any atom is 0.235 e. The number of amides is 2. The van der Waals surface area contributed by atoms with Crippen LogP contribution >= 0.6 is 0 Å². The van der Waals surface area contributed by atoms with Crippen LogP contribution in [0.2, 0.25) is 0 Å². The molecule has 1 rings (SSSR count). The number of carbonyl (C=O) groups excluding carboxylic acids is 2. The van der Waals surface area contributed by atoms with E-state index in [2.05, 4.69) is 19.2 Å². The van der Waals surface area contributed by atoms with E-state index in [9.17, 15) is 9.59 Å². The molecule has 1 fully saturated rings. The van der Waals surface area contributed by atoms with Gasteiger partial charge in [0.05, 0.1) is 0 Å². The molecule has 1 saturated carbocycles. The number of nitrogens with two attached hydrogens (primary N) is 1. The highest BCUT2D eigenvalue weighted by Crippen LogP contribution is 2.35. The van der Waals surface area contributed by atoms with Crippen LogP contribution in [-0.4, -0.2) is 17.9 Å². The third-order valence-electron chi connectivity index (χ3n) is 4.79. The van der Waals surface area contributed by atoms with Crippen molar-refractivity contribution in [3.63, 3.8) is 0 Å². The maximum atomic E-state index is 12.4. The van der Waals surface area contributed by atoms with Gasteiger partial charge in [0.1, 0.15) is 5.41 Å². The summed E-state index contributed by atoms with van der Waals surface area (Å²) in [7, 11) is 0. The minimum absolute atomic E-state index is 0.185. The normalized spacial score (nSPS) is 20.0. The second-order valence-electron chi connectivity index (χ2n) is 6.57. The second-order valence-corrected chi connectivity index (χ2v) is 6.57. The molecule has 0 spiro atoms. The number of hydrogen-bond acceptors (Lipinski definition) is 2. The Morgan fingerprint density at radius 1 is 1.21 bits per heavy atom. The highest BCUT2D eigenvalue weighted by molar-refractivity contribution is 6.04. The molecule has 0 heterocycles. The highest BCUT2D eigenvalue weighted by atomic mass is 16.2. The van der Waals surface area contributed by atoms with Crippen molar-refractivity contribution in [2.45, 2.75) is 72.3 Å². The van der Waals surface area contributed by atoms with Gasteiger partial charge in [-0.2, -0.15) is 0 Å². The van der Waals surface area contributed by atoms with E-state index in [4.69, 9.17) is 5.73 Å². The molecule has 0 atom stereocenters. The zero-order chi connectivity index (χ0) is 14.7. The first-order valence-electron chi connectivity index (χ1n) is 7.38. The van der Waals surface area contributed by atoms with Crippen LogP contribution in [0, 0.1) is 10.8 Å². The minimum Gasteiger partial charge on any atom is -0.369 e. The topological polar surface area (TPSA) is 72.2 Å². The lowest BCUT2D eigenvalue weighted by Gasteiger charge is -2.36. The monoisotopic (exact) mass is 268 g/mol. The molecular weight excluding hydrogens is 240 g/mol. The Hall–Kier alpha value is -1.06. The summed E-state index contributed by atoms with van der Waals surface area (Å²) in [6.07, 6.45) is 5.12. The second kappa shape index (κ2) is 5.93. The predicted octanol–water partition coefficient (Wildman–Crippen LogP) is 2.36. The van der Waals surface area contributed by atoms with Gasteiger partial charge in [0.15, 0.2) is 0 Å². The molecule has 19 heavy (non-hydrogen) atoms. The van der Waals surface area contributed by atoms with Gasteiger partial charge in [-0.3, -0.25) is 9.59 Å². The fourth-order valence-electron chi connectivity index (χ4n) is 2.90. The molecule has 0 aromatic carbocycles. The molecular formula is C15H28N2O2. The van der Waals surface area contributed by atoms with Gasteiger partial charge in [-0.1, -0.05) is 27.7 Å². The average molecular weight is 268 g/mol. The first kappa shape index (κ1) is 16.0. The quantitative estimate of drug-likeness (QED) is 0.751. The van der Waals surface area contributed by atoms with Crippen molar-refractivity contribution in [2.24, 2.45) is 16.6 Å². The van der Waals surface area contributed by atoms with Gasteiger partial charge < -0.3 is 11.1 Å². The van der Waals surface area contributed by atoms with Crippen LogP contribution in [0.5, 0.6) is 0 Å². The number of hydrogen-bond donors (Lipinski definition) is 2. The SMILES string of the molecule is CCC(CC)(C(N)=O)C(=O)NC1CCC(C)(C)CC1. The Kier molecular flexibility index (Phi) is 4.99. The molecule has 110 valence electrons. The van der Waals surface area contributed by atoms with E-state index < -0.39 is 11.3 Å². The van der Waals surface area contributed by atoms with Crippen LogP contribution in [0.3, 0.4) is 0 Å². The van der Waals surface area contributed by atoms with Crippen LogP contribution in [0.25, 0.3) is 0 Å². The molecule has 0 radical (unpaired) electrons. The van der Waals surface area contributed by atoms with E-state index in [1.165, 1.54) is 0 Å². The van der Waals surface area contributed by atoms with Gasteiger partial charge >= 0.3 is 0 Å². The van der Waals surface area contributed by atoms with Crippen LogP contribution in [0.15, 0.2) is 0 Å². The fourth-order valence-corrected chi connectivity index (χ4v) is 2.90. The summed E-state index contributed by atoms with van der Waals surface area (Å²) in [6, 6.07) is 0.192. The van der Waals surface area contributed by atoms with E-state index in [-0.39, 0.29) is 11.9 Å². The standard InChI is InChI=1S/C15H28N2O2/c1-5-15(6-2,12(16)18)13(19)17-11-7-9-14(3,4)10-8-11/h11H,5-10H2,1-4H3,(H2,16,18)(H,17,19). The smallest absolute Gasteiger partial charge is 0.235 e. The summed E-state index contributed by atoms with van der Waals surface area (Å²) in [6.45, 7) is 8.21. The zero-order valence-electron chi connectivity index (χ0n) is 12.7. The van der Waals surface area contributed by atoms with E-state index in [0.29, 0.717) is 18.3 Å². The van der Waals surface area contributed by atoms with Crippen molar-refractivity contribution in [3.8, 4) is 0 Å². The summed E-state index contributed by atoms with van der Waals surface area (Å²) in [5.74, 6) is -0.694. The van der Waals surface area contributed by atoms with Crippen molar-refractivity contribution in [3.05, 3.63) is 0 Å². The molecule has 0 aromatic rings. The van der Waals surface area contributed by atoms with Crippen LogP contribution in [0.1, 0.15) is 66.2 Å². The molecule has 0 aliphatic heterocycles. The minimum atomic E-state index is -1.03. The zero-order valence-corrected chi connectivity index (χ0v) is 12.7. The van der Waals surface area contributed by atoms with Gasteiger partial charge in [-0.25, -0.2) is 0 Å². The number of carbonyl (C=O) groups is 2. The maximum absolute atomic E-state index is 12.4. The molecule has 0 saturated heterocycles. The van der Waals surface area contributed by atoms with E-state index >= 15 is 0 Å².